The number of benzene rings is 1. The summed E-state index contributed by atoms with van der Waals surface area (Å²) >= 11 is 5.19. The Hall–Kier alpha value is -1.37. The van der Waals surface area contributed by atoms with E-state index < -0.39 is 0 Å². The maximum Gasteiger partial charge on any atom is 0.224 e. The molecule has 0 aliphatic carbocycles. The zero-order chi connectivity index (χ0) is 16.8. The lowest BCUT2D eigenvalue weighted by Gasteiger charge is -2.28. The Morgan fingerprint density at radius 3 is 2.58 bits per heavy atom. The highest BCUT2D eigenvalue weighted by Gasteiger charge is 2.11. The molecule has 1 fully saturated rings. The molecule has 1 saturated heterocycles. The molecule has 0 radical (unpaired) electrons. The van der Waals surface area contributed by atoms with Crippen LogP contribution in [0, 0.1) is 0 Å². The first-order valence-electron chi connectivity index (χ1n) is 8.17. The number of aryl methyl sites for hydroxylation is 1. The van der Waals surface area contributed by atoms with Crippen LogP contribution in [0.5, 0.6) is 0 Å². The summed E-state index contributed by atoms with van der Waals surface area (Å²) in [6.45, 7) is 3.40. The molecule has 24 heavy (non-hydrogen) atoms. The van der Waals surface area contributed by atoms with Gasteiger partial charge in [-0.3, -0.25) is 4.79 Å². The van der Waals surface area contributed by atoms with Crippen molar-refractivity contribution in [3.8, 4) is 0 Å². The molecule has 2 heterocycles. The Morgan fingerprint density at radius 1 is 1.17 bits per heavy atom. The van der Waals surface area contributed by atoms with Gasteiger partial charge in [0.1, 0.15) is 0 Å². The number of hydrogen-bond donors (Lipinski definition) is 1. The first kappa shape index (κ1) is 17.5. The van der Waals surface area contributed by atoms with Gasteiger partial charge in [-0.05, 0) is 65.2 Å². The molecule has 0 spiro atoms. The third-order valence-electron chi connectivity index (χ3n) is 3.98. The predicted molar refractivity (Wildman–Crippen MR) is 103 cm³/mol. The smallest absolute Gasteiger partial charge is 0.224 e. The van der Waals surface area contributed by atoms with Crippen LogP contribution >= 0.6 is 27.3 Å². The predicted octanol–water partition coefficient (Wildman–Crippen LogP) is 4.31. The van der Waals surface area contributed by atoms with E-state index in [-0.39, 0.29) is 5.91 Å². The number of thiophene rings is 1. The van der Waals surface area contributed by atoms with E-state index >= 15 is 0 Å². The number of amides is 1. The topological polar surface area (TPSA) is 41.6 Å². The van der Waals surface area contributed by atoms with E-state index in [1.165, 1.54) is 10.6 Å². The summed E-state index contributed by atoms with van der Waals surface area (Å²) in [5.41, 5.74) is 2.04. The van der Waals surface area contributed by atoms with Crippen LogP contribution in [-0.4, -0.2) is 32.2 Å². The second kappa shape index (κ2) is 8.65. The van der Waals surface area contributed by atoms with Gasteiger partial charge < -0.3 is 15.0 Å². The van der Waals surface area contributed by atoms with E-state index in [0.717, 1.165) is 48.6 Å². The van der Waals surface area contributed by atoms with Crippen molar-refractivity contribution in [3.05, 3.63) is 45.1 Å². The molecule has 0 atom stereocenters. The number of carbonyl (C=O) groups excluding carboxylic acids is 1. The standard InChI is InChI=1S/C18H21BrN2O2S/c19-17-9-8-16(24-17)2-1-3-18(22)20-14-4-6-15(7-5-14)21-10-12-23-13-11-21/h4-9H,1-3,10-13H2,(H,20,22). The highest BCUT2D eigenvalue weighted by molar-refractivity contribution is 9.11. The van der Waals surface area contributed by atoms with E-state index in [1.807, 2.05) is 12.1 Å². The molecule has 1 aliphatic heterocycles. The number of rotatable bonds is 6. The average molecular weight is 409 g/mol. The van der Waals surface area contributed by atoms with Gasteiger partial charge in [-0.25, -0.2) is 0 Å². The maximum atomic E-state index is 12.1. The minimum Gasteiger partial charge on any atom is -0.378 e. The van der Waals surface area contributed by atoms with Crippen LogP contribution in [0.2, 0.25) is 0 Å². The van der Waals surface area contributed by atoms with Crippen LogP contribution in [0.4, 0.5) is 11.4 Å². The van der Waals surface area contributed by atoms with Crippen LogP contribution in [-0.2, 0) is 16.0 Å². The molecular formula is C18H21BrN2O2S. The molecule has 0 unspecified atom stereocenters. The SMILES string of the molecule is O=C(CCCc1ccc(Br)s1)Nc1ccc(N2CCOCC2)cc1. The van der Waals surface area contributed by atoms with Crippen LogP contribution in [0.3, 0.4) is 0 Å². The van der Waals surface area contributed by atoms with Gasteiger partial charge in [0.05, 0.1) is 17.0 Å². The number of morpholine rings is 1. The minimum atomic E-state index is 0.0738. The quantitative estimate of drug-likeness (QED) is 0.773. The largest absolute Gasteiger partial charge is 0.378 e. The van der Waals surface area contributed by atoms with Crippen molar-refractivity contribution in [1.29, 1.82) is 0 Å². The average Bonchev–Trinajstić information content (AvgIpc) is 3.02. The molecule has 1 amide bonds. The molecule has 1 aromatic carbocycles. The molecule has 0 saturated carbocycles. The van der Waals surface area contributed by atoms with Crippen molar-refractivity contribution in [3.63, 3.8) is 0 Å². The zero-order valence-corrected chi connectivity index (χ0v) is 15.9. The highest BCUT2D eigenvalue weighted by Crippen LogP contribution is 2.23. The molecule has 1 aliphatic rings. The van der Waals surface area contributed by atoms with E-state index in [1.54, 1.807) is 11.3 Å². The van der Waals surface area contributed by atoms with Gasteiger partial charge in [0, 0.05) is 35.8 Å². The Balaban J connectivity index is 1.44. The summed E-state index contributed by atoms with van der Waals surface area (Å²) in [7, 11) is 0. The van der Waals surface area contributed by atoms with Crippen molar-refractivity contribution in [2.75, 3.05) is 36.5 Å². The number of ether oxygens (including phenoxy) is 1. The lowest BCUT2D eigenvalue weighted by atomic mass is 10.2. The number of halogens is 1. The van der Waals surface area contributed by atoms with Crippen LogP contribution in [0.1, 0.15) is 17.7 Å². The fourth-order valence-corrected chi connectivity index (χ4v) is 4.23. The number of nitrogens with zero attached hydrogens (tertiary/aromatic N) is 1. The molecule has 1 aromatic heterocycles. The summed E-state index contributed by atoms with van der Waals surface area (Å²) in [6.07, 6.45) is 2.35. The molecule has 128 valence electrons. The Morgan fingerprint density at radius 2 is 1.92 bits per heavy atom. The summed E-state index contributed by atoms with van der Waals surface area (Å²) in [4.78, 5) is 15.7. The fourth-order valence-electron chi connectivity index (χ4n) is 2.71. The lowest BCUT2D eigenvalue weighted by Crippen LogP contribution is -2.36. The number of carbonyl (C=O) groups is 1. The van der Waals surface area contributed by atoms with E-state index in [9.17, 15) is 4.79 Å². The van der Waals surface area contributed by atoms with Gasteiger partial charge in [-0.2, -0.15) is 0 Å². The molecular weight excluding hydrogens is 388 g/mol. The second-order valence-electron chi connectivity index (χ2n) is 5.75. The molecule has 2 aromatic rings. The first-order valence-corrected chi connectivity index (χ1v) is 9.78. The van der Waals surface area contributed by atoms with E-state index in [0.29, 0.717) is 6.42 Å². The van der Waals surface area contributed by atoms with Gasteiger partial charge in [0.25, 0.3) is 0 Å². The zero-order valence-electron chi connectivity index (χ0n) is 13.5. The number of nitrogens with one attached hydrogen (secondary N) is 1. The molecule has 3 rings (SSSR count). The minimum absolute atomic E-state index is 0.0738. The Bertz CT molecular complexity index is 666. The number of hydrogen-bond acceptors (Lipinski definition) is 4. The van der Waals surface area contributed by atoms with Crippen LogP contribution in [0.25, 0.3) is 0 Å². The van der Waals surface area contributed by atoms with Crippen LogP contribution in [0.15, 0.2) is 40.2 Å². The van der Waals surface area contributed by atoms with E-state index in [4.69, 9.17) is 4.74 Å². The Labute approximate surface area is 154 Å². The summed E-state index contributed by atoms with van der Waals surface area (Å²) in [6, 6.07) is 12.2. The van der Waals surface area contributed by atoms with Gasteiger partial charge in [0.15, 0.2) is 0 Å². The molecule has 4 nitrogen and oxygen atoms in total. The van der Waals surface area contributed by atoms with Gasteiger partial charge in [-0.1, -0.05) is 0 Å². The third kappa shape index (κ3) is 5.06. The van der Waals surface area contributed by atoms with Gasteiger partial charge >= 0.3 is 0 Å². The van der Waals surface area contributed by atoms with E-state index in [2.05, 4.69) is 50.4 Å². The van der Waals surface area contributed by atoms with Crippen molar-refractivity contribution < 1.29 is 9.53 Å². The fraction of sp³-hybridized carbons (Fsp3) is 0.389. The second-order valence-corrected chi connectivity index (χ2v) is 8.30. The molecule has 1 N–H and O–H groups in total. The van der Waals surface area contributed by atoms with Crippen molar-refractivity contribution in [2.45, 2.75) is 19.3 Å². The molecule has 6 heteroatoms. The molecule has 0 bridgehead atoms. The normalized spacial score (nSPS) is 14.6. The lowest BCUT2D eigenvalue weighted by molar-refractivity contribution is -0.116. The third-order valence-corrected chi connectivity index (χ3v) is 5.67. The summed E-state index contributed by atoms with van der Waals surface area (Å²) in [5.74, 6) is 0.0738. The van der Waals surface area contributed by atoms with Gasteiger partial charge in [-0.15, -0.1) is 11.3 Å². The highest BCUT2D eigenvalue weighted by atomic mass is 79.9. The first-order chi connectivity index (χ1) is 11.7. The van der Waals surface area contributed by atoms with Crippen LogP contribution < -0.4 is 10.2 Å². The van der Waals surface area contributed by atoms with Crippen molar-refractivity contribution in [2.24, 2.45) is 0 Å². The van der Waals surface area contributed by atoms with Crippen molar-refractivity contribution in [1.82, 2.24) is 0 Å². The maximum absolute atomic E-state index is 12.1. The summed E-state index contributed by atoms with van der Waals surface area (Å²) < 4.78 is 6.51. The van der Waals surface area contributed by atoms with Crippen molar-refractivity contribution >= 4 is 44.5 Å². The monoisotopic (exact) mass is 408 g/mol. The Kier molecular flexibility index (Phi) is 6.29. The number of anilines is 2. The van der Waals surface area contributed by atoms with Gasteiger partial charge in [0.2, 0.25) is 5.91 Å². The summed E-state index contributed by atoms with van der Waals surface area (Å²) in [5, 5.41) is 2.98.